The molecule has 7 nitrogen and oxygen atoms in total. The predicted molar refractivity (Wildman–Crippen MR) is 95.5 cm³/mol. The molecule has 1 aliphatic heterocycles. The van der Waals surface area contributed by atoms with Crippen LogP contribution in [0.4, 0.5) is 0 Å². The van der Waals surface area contributed by atoms with Crippen LogP contribution in [-0.4, -0.2) is 69.1 Å². The minimum atomic E-state index is -0.454. The zero-order valence-corrected chi connectivity index (χ0v) is 16.1. The number of hydrogen-bond donors (Lipinski definition) is 0. The van der Waals surface area contributed by atoms with Crippen LogP contribution in [-0.2, 0) is 20.8 Å². The average Bonchev–Trinajstić information content (AvgIpc) is 3.15. The molecule has 1 aromatic rings. The highest BCUT2D eigenvalue weighted by molar-refractivity contribution is 8.03. The topological polar surface area (TPSA) is 75.5 Å². The minimum Gasteiger partial charge on any atom is -0.461 e. The number of thioether (sulfide) groups is 2. The molecule has 24 heavy (non-hydrogen) atoms. The Balaban J connectivity index is 2.08. The third-order valence-electron chi connectivity index (χ3n) is 3.61. The van der Waals surface area contributed by atoms with Crippen LogP contribution in [0.15, 0.2) is 6.20 Å². The summed E-state index contributed by atoms with van der Waals surface area (Å²) < 4.78 is 18.2. The van der Waals surface area contributed by atoms with Crippen molar-refractivity contribution in [1.29, 1.82) is 0 Å². The molecule has 0 saturated carbocycles. The molecule has 1 saturated heterocycles. The number of ether oxygens (including phenoxy) is 3. The molecule has 1 aromatic heterocycles. The van der Waals surface area contributed by atoms with Crippen LogP contribution < -0.4 is 0 Å². The highest BCUT2D eigenvalue weighted by Crippen LogP contribution is 2.39. The van der Waals surface area contributed by atoms with Crippen molar-refractivity contribution in [3.8, 4) is 0 Å². The first-order chi connectivity index (χ1) is 11.6. The molecule has 2 heterocycles. The Bertz CT molecular complexity index is 529. The van der Waals surface area contributed by atoms with Gasteiger partial charge in [-0.1, -0.05) is 19.1 Å². The summed E-state index contributed by atoms with van der Waals surface area (Å²) in [5.41, 5.74) is 0.220. The summed E-state index contributed by atoms with van der Waals surface area (Å²) in [5.74, 6) is 1.56. The molecule has 0 aliphatic carbocycles. The first kappa shape index (κ1) is 19.6. The lowest BCUT2D eigenvalue weighted by molar-refractivity contribution is -0.115. The average molecular weight is 376 g/mol. The Labute approximate surface area is 151 Å². The molecular formula is C15H25N3O4S2. The van der Waals surface area contributed by atoms with Crippen molar-refractivity contribution in [1.82, 2.24) is 15.0 Å². The van der Waals surface area contributed by atoms with Gasteiger partial charge in [0.1, 0.15) is 0 Å². The van der Waals surface area contributed by atoms with E-state index in [1.54, 1.807) is 24.9 Å². The fraction of sp³-hybridized carbons (Fsp3) is 0.800. The maximum Gasteiger partial charge on any atom is 0.360 e. The number of carbonyl (C=O) groups is 1. The lowest BCUT2D eigenvalue weighted by Crippen LogP contribution is -2.31. The highest BCUT2D eigenvalue weighted by atomic mass is 32.2. The van der Waals surface area contributed by atoms with E-state index in [0.717, 1.165) is 11.5 Å². The molecule has 0 radical (unpaired) electrons. The van der Waals surface area contributed by atoms with Crippen molar-refractivity contribution >= 4 is 29.5 Å². The molecule has 9 heteroatoms. The van der Waals surface area contributed by atoms with Gasteiger partial charge < -0.3 is 14.2 Å². The third-order valence-corrected chi connectivity index (χ3v) is 6.33. The van der Waals surface area contributed by atoms with Crippen LogP contribution in [0.3, 0.4) is 0 Å². The van der Waals surface area contributed by atoms with Gasteiger partial charge in [0.2, 0.25) is 0 Å². The molecule has 1 aliphatic rings. The van der Waals surface area contributed by atoms with E-state index in [2.05, 4.69) is 24.2 Å². The van der Waals surface area contributed by atoms with Crippen molar-refractivity contribution in [2.45, 2.75) is 50.2 Å². The van der Waals surface area contributed by atoms with Crippen molar-refractivity contribution in [2.24, 2.45) is 0 Å². The van der Waals surface area contributed by atoms with Gasteiger partial charge in [0.15, 0.2) is 12.0 Å². The standard InChI is InChI=1S/C15H25N3O4S2/c1-5-21-14(19)10-8-18(17-16-10)9-11-12(23-6-2)13(24-7-3)15(20-4)22-11/h8,11-13,15H,5-7,9H2,1-4H3/t11-,12-,13-,15-/m1/s1. The van der Waals surface area contributed by atoms with Crippen molar-refractivity contribution in [3.63, 3.8) is 0 Å². The summed E-state index contributed by atoms with van der Waals surface area (Å²) in [6.45, 7) is 6.89. The largest absolute Gasteiger partial charge is 0.461 e. The Morgan fingerprint density at radius 3 is 2.62 bits per heavy atom. The van der Waals surface area contributed by atoms with Gasteiger partial charge in [0, 0.05) is 12.4 Å². The van der Waals surface area contributed by atoms with Gasteiger partial charge in [-0.3, -0.25) is 0 Å². The monoisotopic (exact) mass is 375 g/mol. The van der Waals surface area contributed by atoms with E-state index in [9.17, 15) is 4.79 Å². The molecule has 1 fully saturated rings. The molecule has 0 unspecified atom stereocenters. The maximum atomic E-state index is 11.7. The molecule has 4 atom stereocenters. The van der Waals surface area contributed by atoms with Gasteiger partial charge in [-0.05, 0) is 18.4 Å². The quantitative estimate of drug-likeness (QED) is 0.607. The lowest BCUT2D eigenvalue weighted by atomic mass is 10.2. The second-order valence-corrected chi connectivity index (χ2v) is 8.07. The number of aromatic nitrogens is 3. The molecular weight excluding hydrogens is 350 g/mol. The number of hydrogen-bond acceptors (Lipinski definition) is 8. The predicted octanol–water partition coefficient (Wildman–Crippen LogP) is 2.07. The highest BCUT2D eigenvalue weighted by Gasteiger charge is 2.45. The molecule has 0 N–H and O–H groups in total. The van der Waals surface area contributed by atoms with Crippen LogP contribution in [0.1, 0.15) is 31.3 Å². The Hall–Kier alpha value is -0.770. The second-order valence-electron chi connectivity index (χ2n) is 5.16. The van der Waals surface area contributed by atoms with Gasteiger partial charge in [0.05, 0.1) is 30.7 Å². The summed E-state index contributed by atoms with van der Waals surface area (Å²) in [4.78, 5) is 11.7. The van der Waals surface area contributed by atoms with Gasteiger partial charge in [-0.25, -0.2) is 9.48 Å². The summed E-state index contributed by atoms with van der Waals surface area (Å²) in [7, 11) is 1.68. The van der Waals surface area contributed by atoms with E-state index in [1.165, 1.54) is 0 Å². The van der Waals surface area contributed by atoms with Gasteiger partial charge in [-0.2, -0.15) is 23.5 Å². The first-order valence-electron chi connectivity index (χ1n) is 8.13. The zero-order chi connectivity index (χ0) is 17.5. The van der Waals surface area contributed by atoms with E-state index in [-0.39, 0.29) is 23.3 Å². The number of rotatable bonds is 9. The van der Waals surface area contributed by atoms with Crippen molar-refractivity contribution in [2.75, 3.05) is 25.2 Å². The lowest BCUT2D eigenvalue weighted by Gasteiger charge is -2.21. The van der Waals surface area contributed by atoms with Crippen LogP contribution in [0.5, 0.6) is 0 Å². The molecule has 0 bridgehead atoms. The maximum absolute atomic E-state index is 11.7. The molecule has 2 rings (SSSR count). The Morgan fingerprint density at radius 2 is 2.00 bits per heavy atom. The van der Waals surface area contributed by atoms with Crippen LogP contribution in [0.2, 0.25) is 0 Å². The number of esters is 1. The van der Waals surface area contributed by atoms with Crippen LogP contribution in [0, 0.1) is 0 Å². The van der Waals surface area contributed by atoms with E-state index in [1.807, 2.05) is 23.5 Å². The summed E-state index contributed by atoms with van der Waals surface area (Å²) >= 11 is 3.74. The summed E-state index contributed by atoms with van der Waals surface area (Å²) in [6.07, 6.45) is 1.34. The van der Waals surface area contributed by atoms with Crippen molar-refractivity contribution in [3.05, 3.63) is 11.9 Å². The van der Waals surface area contributed by atoms with Gasteiger partial charge in [0.25, 0.3) is 0 Å². The molecule has 0 aromatic carbocycles. The van der Waals surface area contributed by atoms with E-state index in [4.69, 9.17) is 14.2 Å². The van der Waals surface area contributed by atoms with Gasteiger partial charge in [-0.15, -0.1) is 5.10 Å². The van der Waals surface area contributed by atoms with Crippen molar-refractivity contribution < 1.29 is 19.0 Å². The minimum absolute atomic E-state index is 0.0410. The number of carbonyl (C=O) groups excluding carboxylic acids is 1. The van der Waals surface area contributed by atoms with Crippen LogP contribution >= 0.6 is 23.5 Å². The first-order valence-corrected chi connectivity index (χ1v) is 10.2. The molecule has 136 valence electrons. The Kier molecular flexibility index (Phi) is 7.86. The number of methoxy groups -OCH3 is 1. The fourth-order valence-corrected chi connectivity index (χ4v) is 5.28. The Morgan fingerprint density at radius 1 is 1.29 bits per heavy atom. The van der Waals surface area contributed by atoms with E-state index < -0.39 is 5.97 Å². The second kappa shape index (κ2) is 9.65. The molecule has 0 amide bonds. The smallest absolute Gasteiger partial charge is 0.360 e. The third kappa shape index (κ3) is 4.65. The SMILES string of the molecule is CCOC(=O)c1cn(C[C@H]2O[C@@H](OC)[C@H](SCC)[C@@H]2SCC)nn1. The zero-order valence-electron chi connectivity index (χ0n) is 14.5. The van der Waals surface area contributed by atoms with Gasteiger partial charge >= 0.3 is 5.97 Å². The van der Waals surface area contributed by atoms with Crippen LogP contribution in [0.25, 0.3) is 0 Å². The summed E-state index contributed by atoms with van der Waals surface area (Å²) in [5, 5.41) is 8.50. The number of nitrogens with zero attached hydrogens (tertiary/aromatic N) is 3. The molecule has 0 spiro atoms. The van der Waals surface area contributed by atoms with E-state index in [0.29, 0.717) is 18.4 Å². The van der Waals surface area contributed by atoms with E-state index >= 15 is 0 Å². The summed E-state index contributed by atoms with van der Waals surface area (Å²) in [6, 6.07) is 0. The normalized spacial score (nSPS) is 26.7. The fourth-order valence-electron chi connectivity index (χ4n) is 2.66.